The minimum absolute atomic E-state index is 0.00790. The summed E-state index contributed by atoms with van der Waals surface area (Å²) in [5.74, 6) is 0.279. The zero-order valence-electron chi connectivity index (χ0n) is 14.3. The Labute approximate surface area is 137 Å². The highest BCUT2D eigenvalue weighted by atomic mass is 16.7. The summed E-state index contributed by atoms with van der Waals surface area (Å²) in [4.78, 5) is 23.7. The molecule has 0 aromatic heterocycles. The van der Waals surface area contributed by atoms with Gasteiger partial charge in [0.05, 0.1) is 12.7 Å². The van der Waals surface area contributed by atoms with E-state index in [9.17, 15) is 9.59 Å². The molecule has 3 atom stereocenters. The Hall–Kier alpha value is -1.52. The number of fused-ring (bicyclic) bond motifs is 3. The van der Waals surface area contributed by atoms with Gasteiger partial charge in [-0.2, -0.15) is 0 Å². The van der Waals surface area contributed by atoms with Crippen molar-refractivity contribution < 1.29 is 19.1 Å². The van der Waals surface area contributed by atoms with Gasteiger partial charge in [-0.05, 0) is 55.9 Å². The zero-order valence-corrected chi connectivity index (χ0v) is 14.3. The molecule has 0 saturated carbocycles. The van der Waals surface area contributed by atoms with E-state index in [4.69, 9.17) is 9.47 Å². The first-order chi connectivity index (χ1) is 10.9. The Morgan fingerprint density at radius 1 is 1.30 bits per heavy atom. The number of carbonyl (C=O) groups is 2. The monoisotopic (exact) mass is 316 g/mol. The van der Waals surface area contributed by atoms with Crippen LogP contribution in [0.5, 0.6) is 0 Å². The molecule has 2 aliphatic rings. The third-order valence-corrected chi connectivity index (χ3v) is 5.16. The molecule has 1 saturated heterocycles. The first kappa shape index (κ1) is 16.3. The lowest BCUT2D eigenvalue weighted by Crippen LogP contribution is -2.44. The van der Waals surface area contributed by atoms with Crippen LogP contribution in [-0.4, -0.2) is 30.6 Å². The molecule has 1 aliphatic carbocycles. The quantitative estimate of drug-likeness (QED) is 0.803. The first-order valence-corrected chi connectivity index (χ1v) is 8.37. The predicted molar refractivity (Wildman–Crippen MR) is 86.9 cm³/mol. The van der Waals surface area contributed by atoms with Gasteiger partial charge < -0.3 is 9.47 Å². The van der Waals surface area contributed by atoms with Crippen LogP contribution in [0.4, 0.5) is 0 Å². The molecule has 4 heteroatoms. The van der Waals surface area contributed by atoms with Crippen molar-refractivity contribution >= 4 is 11.6 Å². The van der Waals surface area contributed by atoms with Crippen molar-refractivity contribution in [3.05, 3.63) is 33.9 Å². The van der Waals surface area contributed by atoms with E-state index in [2.05, 4.69) is 6.07 Å². The van der Waals surface area contributed by atoms with E-state index < -0.39 is 6.29 Å². The molecule has 0 spiro atoms. The van der Waals surface area contributed by atoms with Crippen LogP contribution in [0.1, 0.15) is 65.2 Å². The third-order valence-electron chi connectivity index (χ3n) is 5.16. The van der Waals surface area contributed by atoms with E-state index in [0.29, 0.717) is 13.0 Å². The molecular formula is C19H24O4. The summed E-state index contributed by atoms with van der Waals surface area (Å²) in [6.07, 6.45) is 1.50. The van der Waals surface area contributed by atoms with E-state index in [-0.39, 0.29) is 23.6 Å². The lowest BCUT2D eigenvalue weighted by Gasteiger charge is -2.40. The average molecular weight is 316 g/mol. The van der Waals surface area contributed by atoms with Gasteiger partial charge >= 0.3 is 0 Å². The summed E-state index contributed by atoms with van der Waals surface area (Å²) in [5, 5.41) is 0. The van der Waals surface area contributed by atoms with Gasteiger partial charge in [0.15, 0.2) is 11.6 Å². The van der Waals surface area contributed by atoms with Gasteiger partial charge in [0, 0.05) is 17.9 Å². The van der Waals surface area contributed by atoms with Crippen LogP contribution in [-0.2, 0) is 20.7 Å². The summed E-state index contributed by atoms with van der Waals surface area (Å²) in [7, 11) is 0. The Morgan fingerprint density at radius 3 is 2.70 bits per heavy atom. The minimum Gasteiger partial charge on any atom is -0.345 e. The zero-order chi connectivity index (χ0) is 16.7. The number of carbonyl (C=O) groups excluding carboxylic acids is 2. The van der Waals surface area contributed by atoms with Crippen molar-refractivity contribution in [2.24, 2.45) is 0 Å². The average Bonchev–Trinajstić information content (AvgIpc) is 2.53. The second kappa shape index (κ2) is 6.17. The first-order valence-electron chi connectivity index (χ1n) is 8.37. The molecule has 1 heterocycles. The summed E-state index contributed by atoms with van der Waals surface area (Å²) in [6, 6.07) is 2.12. The van der Waals surface area contributed by atoms with Gasteiger partial charge in [-0.25, -0.2) is 0 Å². The molecule has 1 aromatic rings. The van der Waals surface area contributed by atoms with Crippen LogP contribution in [0.3, 0.4) is 0 Å². The number of hydrogen-bond donors (Lipinski definition) is 0. The fourth-order valence-corrected chi connectivity index (χ4v) is 4.03. The number of Topliss-reactive ketones (excluding diaryl/α,β-unsaturated/α-hetero) is 2. The van der Waals surface area contributed by atoms with Gasteiger partial charge in [0.2, 0.25) is 6.29 Å². The number of rotatable bonds is 3. The summed E-state index contributed by atoms with van der Waals surface area (Å²) >= 11 is 0. The molecule has 0 radical (unpaired) electrons. The summed E-state index contributed by atoms with van der Waals surface area (Å²) in [6.45, 7) is 7.99. The highest BCUT2D eigenvalue weighted by molar-refractivity contribution is 5.97. The van der Waals surface area contributed by atoms with Crippen LogP contribution < -0.4 is 0 Å². The van der Waals surface area contributed by atoms with E-state index >= 15 is 0 Å². The van der Waals surface area contributed by atoms with Crippen molar-refractivity contribution in [2.75, 3.05) is 6.61 Å². The Kier molecular flexibility index (Phi) is 4.39. The molecule has 0 bridgehead atoms. The summed E-state index contributed by atoms with van der Waals surface area (Å²) in [5.41, 5.74) is 5.44. The van der Waals surface area contributed by atoms with Crippen LogP contribution in [0.2, 0.25) is 0 Å². The maximum atomic E-state index is 11.9. The molecule has 0 N–H and O–H groups in total. The van der Waals surface area contributed by atoms with E-state index in [0.717, 1.165) is 29.5 Å². The fraction of sp³-hybridized carbons (Fsp3) is 0.579. The Morgan fingerprint density at radius 2 is 2.04 bits per heavy atom. The van der Waals surface area contributed by atoms with Crippen molar-refractivity contribution in [3.8, 4) is 0 Å². The maximum Gasteiger partial charge on any atom is 0.218 e. The molecule has 0 amide bonds. The molecule has 23 heavy (non-hydrogen) atoms. The maximum absolute atomic E-state index is 11.9. The number of aryl methyl sites for hydroxylation is 1. The van der Waals surface area contributed by atoms with Gasteiger partial charge in [0.1, 0.15) is 0 Å². The van der Waals surface area contributed by atoms with Crippen molar-refractivity contribution in [2.45, 2.75) is 65.3 Å². The molecule has 124 valence electrons. The molecule has 3 unspecified atom stereocenters. The summed E-state index contributed by atoms with van der Waals surface area (Å²) < 4.78 is 11.6. The lowest BCUT2D eigenvalue weighted by molar-refractivity contribution is -0.220. The van der Waals surface area contributed by atoms with Crippen LogP contribution in [0.25, 0.3) is 0 Å². The number of ketones is 2. The smallest absolute Gasteiger partial charge is 0.218 e. The van der Waals surface area contributed by atoms with Crippen LogP contribution in [0.15, 0.2) is 6.07 Å². The van der Waals surface area contributed by atoms with Gasteiger partial charge in [-0.3, -0.25) is 9.59 Å². The van der Waals surface area contributed by atoms with Crippen molar-refractivity contribution in [3.63, 3.8) is 0 Å². The Bertz CT molecular complexity index is 662. The van der Waals surface area contributed by atoms with Crippen molar-refractivity contribution in [1.82, 2.24) is 0 Å². The van der Waals surface area contributed by atoms with E-state index in [1.54, 1.807) is 6.92 Å². The molecule has 1 fully saturated rings. The van der Waals surface area contributed by atoms with Gasteiger partial charge in [-0.15, -0.1) is 0 Å². The Balaban J connectivity index is 1.94. The largest absolute Gasteiger partial charge is 0.345 e. The SMILES string of the molecule is CCC(=O)C1OCC2c3cc(C)c(C(C)=O)c(C)c3CCC2O1. The number of hydrogen-bond acceptors (Lipinski definition) is 4. The van der Waals surface area contributed by atoms with Crippen LogP contribution >= 0.6 is 0 Å². The van der Waals surface area contributed by atoms with Gasteiger partial charge in [-0.1, -0.05) is 13.0 Å². The van der Waals surface area contributed by atoms with E-state index in [1.165, 1.54) is 11.1 Å². The highest BCUT2D eigenvalue weighted by Gasteiger charge is 2.39. The molecule has 1 aliphatic heterocycles. The third kappa shape index (κ3) is 2.74. The lowest BCUT2D eigenvalue weighted by atomic mass is 9.76. The molecule has 3 rings (SSSR count). The number of benzene rings is 1. The van der Waals surface area contributed by atoms with Crippen molar-refractivity contribution in [1.29, 1.82) is 0 Å². The fourth-order valence-electron chi connectivity index (χ4n) is 4.03. The van der Waals surface area contributed by atoms with Crippen LogP contribution in [0, 0.1) is 13.8 Å². The second-order valence-electron chi connectivity index (χ2n) is 6.62. The van der Waals surface area contributed by atoms with Gasteiger partial charge in [0.25, 0.3) is 0 Å². The van der Waals surface area contributed by atoms with E-state index in [1.807, 2.05) is 20.8 Å². The molecular weight excluding hydrogens is 292 g/mol. The standard InChI is InChI=1S/C19H24O4/c1-5-16(21)19-22-9-15-14-8-10(2)18(12(4)20)11(3)13(14)6-7-17(15)23-19/h8,15,17,19H,5-7,9H2,1-4H3. The molecule has 1 aromatic carbocycles. The highest BCUT2D eigenvalue weighted by Crippen LogP contribution is 2.40. The predicted octanol–water partition coefficient (Wildman–Crippen LogP) is 3.26. The minimum atomic E-state index is -0.707. The second-order valence-corrected chi connectivity index (χ2v) is 6.62. The topological polar surface area (TPSA) is 52.6 Å². The normalized spacial score (nSPS) is 26.3. The molecule has 4 nitrogen and oxygen atoms in total. The number of ether oxygens (including phenoxy) is 2.